The summed E-state index contributed by atoms with van der Waals surface area (Å²) in [5.74, 6) is -1.20. The molecule has 0 aliphatic heterocycles. The first-order valence-corrected chi connectivity index (χ1v) is 8.36. The van der Waals surface area contributed by atoms with Crippen molar-refractivity contribution >= 4 is 16.0 Å². The van der Waals surface area contributed by atoms with Gasteiger partial charge in [-0.25, -0.2) is 17.9 Å². The van der Waals surface area contributed by atoms with Crippen molar-refractivity contribution in [3.8, 4) is 0 Å². The normalized spacial score (nSPS) is 15.0. The zero-order valence-corrected chi connectivity index (χ0v) is 14.2. The van der Waals surface area contributed by atoms with Crippen molar-refractivity contribution in [3.05, 3.63) is 11.4 Å². The SMILES string of the molecule is Cc1nn(CC(C)C)c(C)c1S(=O)(=O)NCC(C)(O)C(=O)O. The molecule has 0 bridgehead atoms. The summed E-state index contributed by atoms with van der Waals surface area (Å²) in [4.78, 5) is 10.9. The second kappa shape index (κ2) is 6.35. The summed E-state index contributed by atoms with van der Waals surface area (Å²) in [6, 6.07) is 0. The van der Waals surface area contributed by atoms with E-state index >= 15 is 0 Å². The lowest BCUT2D eigenvalue weighted by Crippen LogP contribution is -2.46. The number of carboxylic acids is 1. The number of aromatic nitrogens is 2. The Hall–Kier alpha value is -1.45. The minimum absolute atomic E-state index is 0.0225. The van der Waals surface area contributed by atoms with Gasteiger partial charge in [0.15, 0.2) is 5.60 Å². The van der Waals surface area contributed by atoms with Crippen molar-refractivity contribution in [1.29, 1.82) is 0 Å². The third-order valence-corrected chi connectivity index (χ3v) is 4.84. The molecular weight excluding hydrogens is 310 g/mol. The van der Waals surface area contributed by atoms with Crippen LogP contribution in [0.25, 0.3) is 0 Å². The third-order valence-electron chi connectivity index (χ3n) is 3.19. The first kappa shape index (κ1) is 18.6. The fraction of sp³-hybridized carbons (Fsp3) is 0.692. The summed E-state index contributed by atoms with van der Waals surface area (Å²) in [5, 5.41) is 22.7. The number of rotatable bonds is 7. The summed E-state index contributed by atoms with van der Waals surface area (Å²) in [6.07, 6.45) is 0. The van der Waals surface area contributed by atoms with E-state index in [0.717, 1.165) is 6.92 Å². The van der Waals surface area contributed by atoms with Crippen molar-refractivity contribution in [1.82, 2.24) is 14.5 Å². The van der Waals surface area contributed by atoms with Crippen molar-refractivity contribution in [3.63, 3.8) is 0 Å². The Morgan fingerprint density at radius 1 is 1.41 bits per heavy atom. The average Bonchev–Trinajstić information content (AvgIpc) is 2.61. The number of hydrogen-bond acceptors (Lipinski definition) is 5. The molecule has 1 rings (SSSR count). The molecule has 0 saturated heterocycles. The quantitative estimate of drug-likeness (QED) is 0.658. The topological polar surface area (TPSA) is 122 Å². The van der Waals surface area contributed by atoms with E-state index in [1.807, 2.05) is 13.8 Å². The van der Waals surface area contributed by atoms with Crippen LogP contribution in [0.5, 0.6) is 0 Å². The standard InChI is InChI=1S/C13H23N3O5S/c1-8(2)6-16-10(4)11(9(3)15-16)22(20,21)14-7-13(5,19)12(17)18/h8,14,19H,6-7H2,1-5H3,(H,17,18). The Bertz CT molecular complexity index is 661. The van der Waals surface area contributed by atoms with E-state index in [1.54, 1.807) is 18.5 Å². The minimum atomic E-state index is -3.96. The van der Waals surface area contributed by atoms with E-state index in [2.05, 4.69) is 9.82 Å². The van der Waals surface area contributed by atoms with E-state index in [1.165, 1.54) is 0 Å². The van der Waals surface area contributed by atoms with E-state index < -0.39 is 28.1 Å². The van der Waals surface area contributed by atoms with Gasteiger partial charge in [0.05, 0.1) is 17.9 Å². The van der Waals surface area contributed by atoms with Gasteiger partial charge in [-0.1, -0.05) is 13.8 Å². The molecule has 126 valence electrons. The first-order valence-electron chi connectivity index (χ1n) is 6.88. The Balaban J connectivity index is 3.09. The number of nitrogens with one attached hydrogen (secondary N) is 1. The van der Waals surface area contributed by atoms with Crippen LogP contribution in [-0.4, -0.2) is 46.5 Å². The van der Waals surface area contributed by atoms with Crippen LogP contribution in [0.1, 0.15) is 32.2 Å². The fourth-order valence-electron chi connectivity index (χ4n) is 1.98. The van der Waals surface area contributed by atoms with Crippen molar-refractivity contribution in [2.45, 2.75) is 51.7 Å². The Morgan fingerprint density at radius 3 is 2.41 bits per heavy atom. The number of carbonyl (C=O) groups is 1. The summed E-state index contributed by atoms with van der Waals surface area (Å²) >= 11 is 0. The number of carboxylic acid groups (broad SMARTS) is 1. The van der Waals surface area contributed by atoms with E-state index in [4.69, 9.17) is 5.11 Å². The predicted octanol–water partition coefficient (Wildman–Crippen LogP) is 0.270. The largest absolute Gasteiger partial charge is 0.479 e. The molecule has 1 heterocycles. The monoisotopic (exact) mass is 333 g/mol. The van der Waals surface area contributed by atoms with E-state index in [0.29, 0.717) is 23.9 Å². The van der Waals surface area contributed by atoms with Gasteiger partial charge in [-0.3, -0.25) is 4.68 Å². The second-order valence-corrected chi connectivity index (χ2v) is 7.68. The zero-order chi connectivity index (χ0) is 17.3. The van der Waals surface area contributed by atoms with E-state index in [-0.39, 0.29) is 4.90 Å². The fourth-order valence-corrected chi connectivity index (χ4v) is 3.52. The molecular formula is C13H23N3O5S. The minimum Gasteiger partial charge on any atom is -0.479 e. The summed E-state index contributed by atoms with van der Waals surface area (Å²) in [5.41, 5.74) is -1.36. The van der Waals surface area contributed by atoms with Crippen LogP contribution < -0.4 is 4.72 Å². The average molecular weight is 333 g/mol. The van der Waals surface area contributed by atoms with Gasteiger partial charge in [0.2, 0.25) is 10.0 Å². The van der Waals surface area contributed by atoms with Crippen LogP contribution in [0, 0.1) is 19.8 Å². The number of aliphatic carboxylic acids is 1. The lowest BCUT2D eigenvalue weighted by atomic mass is 10.1. The third kappa shape index (κ3) is 4.05. The highest BCUT2D eigenvalue weighted by atomic mass is 32.2. The lowest BCUT2D eigenvalue weighted by Gasteiger charge is -2.18. The molecule has 1 atom stereocenters. The molecule has 0 spiro atoms. The predicted molar refractivity (Wildman–Crippen MR) is 80.0 cm³/mol. The highest BCUT2D eigenvalue weighted by molar-refractivity contribution is 7.89. The highest BCUT2D eigenvalue weighted by Gasteiger charge is 2.33. The van der Waals surface area contributed by atoms with Gasteiger partial charge in [0.1, 0.15) is 4.90 Å². The Labute approximate surface area is 130 Å². The van der Waals surface area contributed by atoms with Gasteiger partial charge >= 0.3 is 5.97 Å². The molecule has 0 radical (unpaired) electrons. The van der Waals surface area contributed by atoms with E-state index in [9.17, 15) is 18.3 Å². The smallest absolute Gasteiger partial charge is 0.336 e. The summed E-state index contributed by atoms with van der Waals surface area (Å²) in [7, 11) is -3.96. The summed E-state index contributed by atoms with van der Waals surface area (Å²) < 4.78 is 28.5. The number of nitrogens with zero attached hydrogens (tertiary/aromatic N) is 2. The molecule has 0 saturated carbocycles. The molecule has 1 aromatic rings. The first-order chi connectivity index (χ1) is 9.88. The van der Waals surface area contributed by atoms with Crippen LogP contribution in [0.3, 0.4) is 0 Å². The molecule has 0 amide bonds. The molecule has 1 unspecified atom stereocenters. The molecule has 9 heteroatoms. The molecule has 0 fully saturated rings. The summed E-state index contributed by atoms with van der Waals surface area (Å²) in [6.45, 7) is 8.19. The number of aryl methyl sites for hydroxylation is 1. The van der Waals surface area contributed by atoms with Crippen molar-refractivity contribution in [2.24, 2.45) is 5.92 Å². The Morgan fingerprint density at radius 2 is 1.95 bits per heavy atom. The van der Waals surface area contributed by atoms with Gasteiger partial charge < -0.3 is 10.2 Å². The van der Waals surface area contributed by atoms with Crippen LogP contribution in [0.2, 0.25) is 0 Å². The maximum atomic E-state index is 12.4. The molecule has 0 aromatic carbocycles. The van der Waals surface area contributed by atoms with Crippen LogP contribution in [-0.2, 0) is 21.4 Å². The second-order valence-electron chi connectivity index (χ2n) is 5.98. The van der Waals surface area contributed by atoms with Crippen LogP contribution in [0.4, 0.5) is 0 Å². The number of aliphatic hydroxyl groups is 1. The number of hydrogen-bond donors (Lipinski definition) is 3. The van der Waals surface area contributed by atoms with Crippen LogP contribution in [0.15, 0.2) is 4.90 Å². The Kier molecular flexibility index (Phi) is 5.37. The molecule has 3 N–H and O–H groups in total. The van der Waals surface area contributed by atoms with Gasteiger partial charge in [-0.15, -0.1) is 0 Å². The zero-order valence-electron chi connectivity index (χ0n) is 13.4. The molecule has 0 aliphatic carbocycles. The molecule has 8 nitrogen and oxygen atoms in total. The molecule has 1 aromatic heterocycles. The van der Waals surface area contributed by atoms with Gasteiger partial charge in [-0.2, -0.15) is 5.10 Å². The molecule has 0 aliphatic rings. The number of sulfonamides is 1. The lowest BCUT2D eigenvalue weighted by molar-refractivity contribution is -0.155. The van der Waals surface area contributed by atoms with Gasteiger partial charge in [0, 0.05) is 6.54 Å². The van der Waals surface area contributed by atoms with Crippen LogP contribution >= 0.6 is 0 Å². The van der Waals surface area contributed by atoms with Gasteiger partial charge in [0.25, 0.3) is 0 Å². The van der Waals surface area contributed by atoms with Crippen molar-refractivity contribution in [2.75, 3.05) is 6.54 Å². The van der Waals surface area contributed by atoms with Crippen molar-refractivity contribution < 1.29 is 23.4 Å². The maximum absolute atomic E-state index is 12.4. The maximum Gasteiger partial charge on any atom is 0.336 e. The van der Waals surface area contributed by atoms with Gasteiger partial charge in [-0.05, 0) is 26.7 Å². The molecule has 22 heavy (non-hydrogen) atoms. The highest BCUT2D eigenvalue weighted by Crippen LogP contribution is 2.20.